The largest absolute Gasteiger partial charge is 0.454 e. The van der Waals surface area contributed by atoms with E-state index in [1.165, 1.54) is 22.7 Å². The number of hydrogen-bond donors (Lipinski definition) is 3. The van der Waals surface area contributed by atoms with Crippen LogP contribution in [0.2, 0.25) is 8.93 Å². The van der Waals surface area contributed by atoms with Crippen molar-refractivity contribution < 1.29 is 14.3 Å². The summed E-state index contributed by atoms with van der Waals surface area (Å²) < 4.78 is 6.79. The Morgan fingerprint density at radius 2 is 1.74 bits per heavy atom. The van der Waals surface area contributed by atoms with Gasteiger partial charge in [-0.15, -0.1) is 22.7 Å². The molecule has 0 radical (unpaired) electrons. The predicted octanol–water partition coefficient (Wildman–Crippen LogP) is 5.34. The minimum atomic E-state index is -0.281. The van der Waals surface area contributed by atoms with Crippen molar-refractivity contribution in [3.63, 3.8) is 0 Å². The van der Waals surface area contributed by atoms with Gasteiger partial charge < -0.3 is 21.1 Å². The van der Waals surface area contributed by atoms with Crippen LogP contribution in [0.4, 0.5) is 5.69 Å². The number of fused-ring (bicyclic) bond motifs is 2. The van der Waals surface area contributed by atoms with Crippen LogP contribution in [-0.2, 0) is 13.1 Å². The van der Waals surface area contributed by atoms with Crippen molar-refractivity contribution in [2.45, 2.75) is 13.1 Å². The summed E-state index contributed by atoms with van der Waals surface area (Å²) in [5, 5.41) is 5.58. The molecule has 174 valence electrons. The standard InChI is InChI=1S/C18H12ClN3O3S.C4H5ClN2S/c19-18-21-9-11(26-18)8-20-16(23)10-5-6-15-13(7-10)22-17(24)12-3-1-2-4-14(12)25-15;5-4-7-2-3(1-6)8-4/h1-7,9H,8H2,(H,20,23)(H,22,24);2H,1,6H2. The highest BCUT2D eigenvalue weighted by Gasteiger charge is 2.21. The first-order chi connectivity index (χ1) is 16.4. The van der Waals surface area contributed by atoms with E-state index in [9.17, 15) is 9.59 Å². The molecule has 5 rings (SSSR count). The topological polar surface area (TPSA) is 119 Å². The van der Waals surface area contributed by atoms with E-state index in [0.717, 1.165) is 9.75 Å². The molecule has 0 saturated heterocycles. The fourth-order valence-electron chi connectivity index (χ4n) is 2.92. The maximum absolute atomic E-state index is 12.4. The third-order valence-corrected chi connectivity index (χ3v) is 6.77. The molecule has 4 aromatic rings. The smallest absolute Gasteiger partial charge is 0.259 e. The summed E-state index contributed by atoms with van der Waals surface area (Å²) in [7, 11) is 0. The SMILES string of the molecule is NCc1cnc(Cl)s1.O=C(NCc1cnc(Cl)s1)c1ccc2c(c1)NC(=O)c1ccccc1O2. The number of nitrogens with one attached hydrogen (secondary N) is 2. The minimum Gasteiger partial charge on any atom is -0.454 e. The molecule has 0 aliphatic carbocycles. The van der Waals surface area contributed by atoms with Crippen molar-refractivity contribution in [1.82, 2.24) is 15.3 Å². The van der Waals surface area contributed by atoms with Crippen molar-refractivity contribution in [1.29, 1.82) is 0 Å². The van der Waals surface area contributed by atoms with Crippen LogP contribution in [0.3, 0.4) is 0 Å². The van der Waals surface area contributed by atoms with Crippen LogP contribution in [0, 0.1) is 0 Å². The van der Waals surface area contributed by atoms with E-state index in [-0.39, 0.29) is 11.8 Å². The third kappa shape index (κ3) is 5.91. The number of rotatable bonds is 4. The number of nitrogens with zero attached hydrogens (tertiary/aromatic N) is 2. The molecule has 1 aliphatic rings. The Bertz CT molecular complexity index is 1340. The van der Waals surface area contributed by atoms with Crippen LogP contribution in [0.5, 0.6) is 11.5 Å². The van der Waals surface area contributed by atoms with E-state index in [2.05, 4.69) is 20.6 Å². The lowest BCUT2D eigenvalue weighted by Crippen LogP contribution is -2.22. The molecule has 34 heavy (non-hydrogen) atoms. The van der Waals surface area contributed by atoms with Gasteiger partial charge in [-0.1, -0.05) is 35.3 Å². The molecule has 2 aromatic heterocycles. The maximum atomic E-state index is 12.4. The van der Waals surface area contributed by atoms with E-state index in [1.807, 2.05) is 0 Å². The molecule has 2 amide bonds. The van der Waals surface area contributed by atoms with Gasteiger partial charge in [-0.3, -0.25) is 9.59 Å². The van der Waals surface area contributed by atoms with Gasteiger partial charge in [0.25, 0.3) is 11.8 Å². The van der Waals surface area contributed by atoms with Crippen LogP contribution in [-0.4, -0.2) is 21.8 Å². The Labute approximate surface area is 212 Å². The zero-order valence-corrected chi connectivity index (χ0v) is 20.5. The monoisotopic (exact) mass is 533 g/mol. The van der Waals surface area contributed by atoms with Crippen molar-refractivity contribution in [2.75, 3.05) is 5.32 Å². The van der Waals surface area contributed by atoms with Gasteiger partial charge >= 0.3 is 0 Å². The summed E-state index contributed by atoms with van der Waals surface area (Å²) in [4.78, 5) is 34.3. The quantitative estimate of drug-likeness (QED) is 0.325. The Kier molecular flexibility index (Phi) is 7.76. The first kappa shape index (κ1) is 24.1. The fourth-order valence-corrected chi connectivity index (χ4v) is 4.70. The van der Waals surface area contributed by atoms with E-state index in [1.54, 1.807) is 54.9 Å². The van der Waals surface area contributed by atoms with Crippen LogP contribution in [0.15, 0.2) is 54.9 Å². The number of aromatic nitrogens is 2. The van der Waals surface area contributed by atoms with Crippen LogP contribution >= 0.6 is 45.9 Å². The van der Waals surface area contributed by atoms with Gasteiger partial charge in [-0.2, -0.15) is 0 Å². The number of thiazole rings is 2. The number of hydrogen-bond acceptors (Lipinski definition) is 8. The molecular weight excluding hydrogens is 517 g/mol. The highest BCUT2D eigenvalue weighted by molar-refractivity contribution is 7.16. The molecular formula is C22H17Cl2N5O3S2. The Morgan fingerprint density at radius 3 is 2.38 bits per heavy atom. The summed E-state index contributed by atoms with van der Waals surface area (Å²) in [5.74, 6) is 0.404. The number of para-hydroxylation sites is 1. The Hall–Kier alpha value is -3.02. The Morgan fingerprint density at radius 1 is 1.03 bits per heavy atom. The molecule has 3 heterocycles. The molecule has 0 atom stereocenters. The van der Waals surface area contributed by atoms with Crippen molar-refractivity contribution in [2.24, 2.45) is 5.73 Å². The lowest BCUT2D eigenvalue weighted by atomic mass is 10.1. The molecule has 0 fully saturated rings. The van der Waals surface area contributed by atoms with Gasteiger partial charge in [0.15, 0.2) is 14.7 Å². The summed E-state index contributed by atoms with van der Waals surface area (Å²) >= 11 is 14.0. The molecule has 0 unspecified atom stereocenters. The van der Waals surface area contributed by atoms with Crippen LogP contribution in [0.25, 0.3) is 0 Å². The van der Waals surface area contributed by atoms with Crippen molar-refractivity contribution in [3.8, 4) is 11.5 Å². The minimum absolute atomic E-state index is 0.270. The molecule has 0 bridgehead atoms. The van der Waals surface area contributed by atoms with Crippen molar-refractivity contribution >= 4 is 63.4 Å². The first-order valence-corrected chi connectivity index (χ1v) is 12.2. The lowest BCUT2D eigenvalue weighted by Gasteiger charge is -2.10. The van der Waals surface area contributed by atoms with E-state index >= 15 is 0 Å². The van der Waals surface area contributed by atoms with Gasteiger partial charge in [-0.05, 0) is 30.3 Å². The molecule has 12 heteroatoms. The summed E-state index contributed by atoms with van der Waals surface area (Å²) in [5.41, 5.74) is 6.57. The maximum Gasteiger partial charge on any atom is 0.259 e. The summed E-state index contributed by atoms with van der Waals surface area (Å²) in [6.45, 7) is 0.860. The summed E-state index contributed by atoms with van der Waals surface area (Å²) in [6.07, 6.45) is 3.31. The predicted molar refractivity (Wildman–Crippen MR) is 134 cm³/mol. The Balaban J connectivity index is 0.000000291. The first-order valence-electron chi connectivity index (χ1n) is 9.84. The van der Waals surface area contributed by atoms with Gasteiger partial charge in [0.1, 0.15) is 5.75 Å². The number of anilines is 1. The highest BCUT2D eigenvalue weighted by Crippen LogP contribution is 2.36. The zero-order valence-electron chi connectivity index (χ0n) is 17.4. The second-order valence-corrected chi connectivity index (χ2v) is 10.2. The highest BCUT2D eigenvalue weighted by atomic mass is 35.5. The number of carbonyl (C=O) groups is 2. The average Bonchev–Trinajstić information content (AvgIpc) is 3.43. The van der Waals surface area contributed by atoms with Crippen LogP contribution < -0.4 is 21.1 Å². The number of benzene rings is 2. The van der Waals surface area contributed by atoms with Crippen LogP contribution in [0.1, 0.15) is 30.5 Å². The number of halogens is 2. The van der Waals surface area contributed by atoms with Crippen molar-refractivity contribution in [3.05, 3.63) is 84.7 Å². The number of amides is 2. The molecule has 8 nitrogen and oxygen atoms in total. The second-order valence-electron chi connectivity index (χ2n) is 6.81. The van der Waals surface area contributed by atoms with E-state index < -0.39 is 0 Å². The van der Waals surface area contributed by atoms with Gasteiger partial charge in [-0.25, -0.2) is 9.97 Å². The fraction of sp³-hybridized carbons (Fsp3) is 0.0909. The number of nitrogens with two attached hydrogens (primary N) is 1. The average molecular weight is 534 g/mol. The molecule has 0 saturated carbocycles. The van der Waals surface area contributed by atoms with E-state index in [0.29, 0.717) is 50.3 Å². The van der Waals surface area contributed by atoms with Gasteiger partial charge in [0.05, 0.1) is 17.8 Å². The van der Waals surface area contributed by atoms with E-state index in [4.69, 9.17) is 33.7 Å². The molecule has 1 aliphatic heterocycles. The second kappa shape index (κ2) is 10.9. The third-order valence-electron chi connectivity index (χ3n) is 4.52. The molecule has 0 spiro atoms. The van der Waals surface area contributed by atoms with Gasteiger partial charge in [0, 0.05) is 34.3 Å². The normalized spacial score (nSPS) is 11.7. The molecule has 4 N–H and O–H groups in total. The number of ether oxygens (including phenoxy) is 1. The molecule has 2 aromatic carbocycles. The number of carbonyl (C=O) groups excluding carboxylic acids is 2. The lowest BCUT2D eigenvalue weighted by molar-refractivity contribution is 0.0950. The zero-order chi connectivity index (χ0) is 24.1. The van der Waals surface area contributed by atoms with Gasteiger partial charge in [0.2, 0.25) is 0 Å². The summed E-state index contributed by atoms with van der Waals surface area (Å²) in [6, 6.07) is 11.9.